The van der Waals surface area contributed by atoms with E-state index in [9.17, 15) is 18.6 Å². The molecule has 0 spiro atoms. The van der Waals surface area contributed by atoms with Crippen LogP contribution in [0.15, 0.2) is 17.0 Å². The third-order valence-corrected chi connectivity index (χ3v) is 5.67. The summed E-state index contributed by atoms with van der Waals surface area (Å²) in [4.78, 5) is -0.0693. The molecule has 2 N–H and O–H groups in total. The van der Waals surface area contributed by atoms with Gasteiger partial charge in [-0.2, -0.15) is 4.31 Å². The zero-order valence-corrected chi connectivity index (χ0v) is 13.8. The molecule has 0 aliphatic carbocycles. The quantitative estimate of drug-likeness (QED) is 0.723. The number of sulfonamides is 1. The predicted molar refractivity (Wildman–Crippen MR) is 83.1 cm³/mol. The maximum atomic E-state index is 12.7. The second kappa shape index (κ2) is 7.66. The van der Waals surface area contributed by atoms with E-state index in [1.807, 2.05) is 0 Å². The number of aryl methyl sites for hydroxylation is 1. The topological polar surface area (TPSA) is 77.8 Å². The molecule has 1 aromatic carbocycles. The first kappa shape index (κ1) is 17.8. The third-order valence-electron chi connectivity index (χ3n) is 3.48. The number of rotatable bonds is 8. The standard InChI is InChI=1S/C15H25NO4S/c1-4-7-8-9-12-10-13(17)11-14(18)15(12)21(19,20)16(5-2)6-3/h10-11,17-18H,4-9H2,1-3H3. The monoisotopic (exact) mass is 315 g/mol. The molecule has 1 aromatic rings. The molecule has 0 aromatic heterocycles. The summed E-state index contributed by atoms with van der Waals surface area (Å²) < 4.78 is 26.6. The van der Waals surface area contributed by atoms with Gasteiger partial charge in [-0.1, -0.05) is 33.6 Å². The van der Waals surface area contributed by atoms with Gasteiger partial charge in [-0.25, -0.2) is 8.42 Å². The van der Waals surface area contributed by atoms with Crippen LogP contribution in [0, 0.1) is 0 Å². The van der Waals surface area contributed by atoms with Crippen LogP contribution >= 0.6 is 0 Å². The molecule has 0 saturated heterocycles. The summed E-state index contributed by atoms with van der Waals surface area (Å²) in [6.07, 6.45) is 3.33. The molecule has 0 bridgehead atoms. The van der Waals surface area contributed by atoms with Gasteiger partial charge in [0.2, 0.25) is 10.0 Å². The molecule has 0 atom stereocenters. The Kier molecular flexibility index (Phi) is 6.48. The minimum atomic E-state index is -3.74. The number of aromatic hydroxyl groups is 2. The highest BCUT2D eigenvalue weighted by Gasteiger charge is 2.28. The fraction of sp³-hybridized carbons (Fsp3) is 0.600. The zero-order chi connectivity index (χ0) is 16.0. The van der Waals surface area contributed by atoms with Crippen molar-refractivity contribution in [1.29, 1.82) is 0 Å². The van der Waals surface area contributed by atoms with Gasteiger partial charge >= 0.3 is 0 Å². The molecule has 0 radical (unpaired) electrons. The van der Waals surface area contributed by atoms with E-state index < -0.39 is 10.0 Å². The Hall–Kier alpha value is -1.27. The average Bonchev–Trinajstić information content (AvgIpc) is 2.38. The van der Waals surface area contributed by atoms with Crippen molar-refractivity contribution in [3.05, 3.63) is 17.7 Å². The maximum Gasteiger partial charge on any atom is 0.247 e. The SMILES string of the molecule is CCCCCc1cc(O)cc(O)c1S(=O)(=O)N(CC)CC. The number of phenols is 2. The van der Waals surface area contributed by atoms with Crippen LogP contribution in [0.25, 0.3) is 0 Å². The lowest BCUT2D eigenvalue weighted by atomic mass is 10.1. The van der Waals surface area contributed by atoms with Gasteiger partial charge in [0, 0.05) is 19.2 Å². The predicted octanol–water partition coefficient (Wildman–Crippen LogP) is 2.86. The second-order valence-corrected chi connectivity index (χ2v) is 6.87. The van der Waals surface area contributed by atoms with E-state index in [0.717, 1.165) is 25.3 Å². The maximum absolute atomic E-state index is 12.7. The highest BCUT2D eigenvalue weighted by molar-refractivity contribution is 7.89. The van der Waals surface area contributed by atoms with E-state index in [-0.39, 0.29) is 16.4 Å². The number of phenolic OH excluding ortho intramolecular Hbond substituents is 2. The summed E-state index contributed by atoms with van der Waals surface area (Å²) in [5, 5.41) is 19.7. The molecule has 5 nitrogen and oxygen atoms in total. The number of unbranched alkanes of at least 4 members (excludes halogenated alkanes) is 2. The molecular weight excluding hydrogens is 290 g/mol. The minimum Gasteiger partial charge on any atom is -0.508 e. The van der Waals surface area contributed by atoms with E-state index >= 15 is 0 Å². The number of nitrogens with zero attached hydrogens (tertiary/aromatic N) is 1. The van der Waals surface area contributed by atoms with E-state index in [0.29, 0.717) is 25.1 Å². The van der Waals surface area contributed by atoms with Crippen molar-refractivity contribution in [1.82, 2.24) is 4.31 Å². The van der Waals surface area contributed by atoms with Crippen LogP contribution in [0.2, 0.25) is 0 Å². The molecule has 0 heterocycles. The van der Waals surface area contributed by atoms with Crippen LogP contribution in [-0.2, 0) is 16.4 Å². The number of hydrogen-bond donors (Lipinski definition) is 2. The first-order valence-electron chi connectivity index (χ1n) is 7.43. The first-order chi connectivity index (χ1) is 9.88. The van der Waals surface area contributed by atoms with Crippen molar-refractivity contribution in [2.24, 2.45) is 0 Å². The Morgan fingerprint density at radius 3 is 2.19 bits per heavy atom. The van der Waals surface area contributed by atoms with Crippen molar-refractivity contribution < 1.29 is 18.6 Å². The minimum absolute atomic E-state index is 0.0693. The highest BCUT2D eigenvalue weighted by atomic mass is 32.2. The summed E-state index contributed by atoms with van der Waals surface area (Å²) in [5.74, 6) is -0.495. The molecule has 0 unspecified atom stereocenters. The summed E-state index contributed by atoms with van der Waals surface area (Å²) in [7, 11) is -3.74. The Balaban J connectivity index is 3.32. The van der Waals surface area contributed by atoms with Gasteiger partial charge in [0.25, 0.3) is 0 Å². The van der Waals surface area contributed by atoms with Gasteiger partial charge in [0.1, 0.15) is 16.4 Å². The smallest absolute Gasteiger partial charge is 0.247 e. The highest BCUT2D eigenvalue weighted by Crippen LogP contribution is 2.34. The van der Waals surface area contributed by atoms with Crippen molar-refractivity contribution in [3.63, 3.8) is 0 Å². The van der Waals surface area contributed by atoms with E-state index in [1.165, 1.54) is 10.4 Å². The fourth-order valence-electron chi connectivity index (χ4n) is 2.40. The summed E-state index contributed by atoms with van der Waals surface area (Å²) >= 11 is 0. The molecule has 120 valence electrons. The van der Waals surface area contributed by atoms with E-state index in [4.69, 9.17) is 0 Å². The molecule has 0 amide bonds. The Morgan fingerprint density at radius 2 is 1.67 bits per heavy atom. The lowest BCUT2D eigenvalue weighted by molar-refractivity contribution is 0.420. The van der Waals surface area contributed by atoms with Crippen LogP contribution in [-0.4, -0.2) is 36.0 Å². The third kappa shape index (κ3) is 4.11. The van der Waals surface area contributed by atoms with Crippen LogP contribution < -0.4 is 0 Å². The van der Waals surface area contributed by atoms with Crippen molar-refractivity contribution in [2.75, 3.05) is 13.1 Å². The molecule has 0 saturated carbocycles. The Bertz CT molecular complexity index is 565. The van der Waals surface area contributed by atoms with Gasteiger partial charge in [-0.05, 0) is 24.5 Å². The van der Waals surface area contributed by atoms with Crippen LogP contribution in [0.1, 0.15) is 45.6 Å². The van der Waals surface area contributed by atoms with Crippen LogP contribution in [0.4, 0.5) is 0 Å². The molecule has 0 fully saturated rings. The molecular formula is C15H25NO4S. The molecule has 0 aliphatic heterocycles. The second-order valence-electron chi connectivity index (χ2n) is 5.00. The van der Waals surface area contributed by atoms with E-state index in [1.54, 1.807) is 13.8 Å². The van der Waals surface area contributed by atoms with E-state index in [2.05, 4.69) is 6.92 Å². The zero-order valence-electron chi connectivity index (χ0n) is 13.0. The fourth-order valence-corrected chi connectivity index (χ4v) is 4.15. The van der Waals surface area contributed by atoms with Gasteiger partial charge in [0.15, 0.2) is 0 Å². The van der Waals surface area contributed by atoms with Crippen molar-refractivity contribution in [3.8, 4) is 11.5 Å². The molecule has 21 heavy (non-hydrogen) atoms. The lowest BCUT2D eigenvalue weighted by Crippen LogP contribution is -2.31. The summed E-state index contributed by atoms with van der Waals surface area (Å²) in [5.41, 5.74) is 0.479. The normalized spacial score (nSPS) is 12.0. The van der Waals surface area contributed by atoms with Gasteiger partial charge in [-0.15, -0.1) is 0 Å². The Labute approximate surface area is 127 Å². The molecule has 0 aliphatic rings. The average molecular weight is 315 g/mol. The van der Waals surface area contributed by atoms with Crippen molar-refractivity contribution in [2.45, 2.75) is 51.3 Å². The molecule has 6 heteroatoms. The van der Waals surface area contributed by atoms with Gasteiger partial charge in [0.05, 0.1) is 0 Å². The van der Waals surface area contributed by atoms with Gasteiger partial charge < -0.3 is 10.2 Å². The largest absolute Gasteiger partial charge is 0.508 e. The van der Waals surface area contributed by atoms with Crippen molar-refractivity contribution >= 4 is 10.0 Å². The summed E-state index contributed by atoms with van der Waals surface area (Å²) in [6, 6.07) is 2.52. The lowest BCUT2D eigenvalue weighted by Gasteiger charge is -2.21. The summed E-state index contributed by atoms with van der Waals surface area (Å²) in [6.45, 7) is 6.26. The number of hydrogen-bond acceptors (Lipinski definition) is 4. The first-order valence-corrected chi connectivity index (χ1v) is 8.87. The van der Waals surface area contributed by atoms with Crippen LogP contribution in [0.3, 0.4) is 0 Å². The molecule has 1 rings (SSSR count). The van der Waals surface area contributed by atoms with Crippen LogP contribution in [0.5, 0.6) is 11.5 Å². The van der Waals surface area contributed by atoms with Gasteiger partial charge in [-0.3, -0.25) is 0 Å². The number of benzene rings is 1. The Morgan fingerprint density at radius 1 is 1.05 bits per heavy atom.